The van der Waals surface area contributed by atoms with Crippen LogP contribution in [0, 0.1) is 6.92 Å². The fourth-order valence-electron chi connectivity index (χ4n) is 3.37. The number of nitrogens with one attached hydrogen (secondary N) is 2. The van der Waals surface area contributed by atoms with E-state index in [1.807, 2.05) is 49.4 Å². The van der Waals surface area contributed by atoms with Crippen molar-refractivity contribution in [3.8, 4) is 0 Å². The zero-order valence-corrected chi connectivity index (χ0v) is 18.1. The van der Waals surface area contributed by atoms with Crippen molar-refractivity contribution in [2.75, 3.05) is 19.7 Å². The number of piperazine rings is 1. The molecule has 2 aromatic carbocycles. The highest BCUT2D eigenvalue weighted by Crippen LogP contribution is 2.12. The van der Waals surface area contributed by atoms with Gasteiger partial charge < -0.3 is 15.0 Å². The molecule has 0 spiro atoms. The molecule has 162 valence electrons. The minimum Gasteiger partial charge on any atom is -0.465 e. The second-order valence-electron chi connectivity index (χ2n) is 7.23. The smallest absolute Gasteiger partial charge is 0.308 e. The maximum Gasteiger partial charge on any atom is 0.308 e. The molecule has 7 nitrogen and oxygen atoms in total. The van der Waals surface area contributed by atoms with Crippen molar-refractivity contribution >= 4 is 35.1 Å². The molecule has 1 aliphatic heterocycles. The predicted molar refractivity (Wildman–Crippen MR) is 120 cm³/mol. The summed E-state index contributed by atoms with van der Waals surface area (Å²) in [5.74, 6) is -1.16. The van der Waals surface area contributed by atoms with Crippen LogP contribution in [-0.2, 0) is 20.7 Å². The number of carbonyl (C=O) groups excluding carboxylic acids is 3. The molecule has 2 N–H and O–H groups in total. The Morgan fingerprint density at radius 3 is 2.61 bits per heavy atom. The summed E-state index contributed by atoms with van der Waals surface area (Å²) >= 11 is 5.39. The lowest BCUT2D eigenvalue weighted by Gasteiger charge is -2.36. The highest BCUT2D eigenvalue weighted by atomic mass is 32.1. The Kier molecular flexibility index (Phi) is 7.72. The third-order valence-electron chi connectivity index (χ3n) is 5.06. The molecule has 8 heteroatoms. The third-order valence-corrected chi connectivity index (χ3v) is 5.40. The van der Waals surface area contributed by atoms with E-state index < -0.39 is 12.0 Å². The first-order valence-corrected chi connectivity index (χ1v) is 10.5. The molecule has 0 aliphatic carbocycles. The van der Waals surface area contributed by atoms with E-state index in [1.54, 1.807) is 17.0 Å². The summed E-state index contributed by atoms with van der Waals surface area (Å²) in [5, 5.41) is 5.54. The molecule has 31 heavy (non-hydrogen) atoms. The van der Waals surface area contributed by atoms with Crippen LogP contribution in [0.1, 0.15) is 27.9 Å². The number of ether oxygens (including phenoxy) is 1. The van der Waals surface area contributed by atoms with Gasteiger partial charge in [-0.2, -0.15) is 0 Å². The largest absolute Gasteiger partial charge is 0.465 e. The molecule has 1 unspecified atom stereocenters. The van der Waals surface area contributed by atoms with E-state index in [1.165, 1.54) is 0 Å². The van der Waals surface area contributed by atoms with Gasteiger partial charge in [0.15, 0.2) is 5.11 Å². The molecule has 1 fully saturated rings. The van der Waals surface area contributed by atoms with Gasteiger partial charge in [-0.1, -0.05) is 48.5 Å². The number of thiocarbonyl (C=S) groups is 1. The maximum absolute atomic E-state index is 12.6. The second kappa shape index (κ2) is 10.7. The van der Waals surface area contributed by atoms with E-state index in [0.717, 1.165) is 11.1 Å². The molecular formula is C23H25N3O4S. The number of carbonyl (C=O) groups is 3. The highest BCUT2D eigenvalue weighted by molar-refractivity contribution is 7.80. The molecule has 0 bridgehead atoms. The van der Waals surface area contributed by atoms with Crippen LogP contribution >= 0.6 is 12.2 Å². The molecule has 0 aromatic heterocycles. The van der Waals surface area contributed by atoms with E-state index in [0.29, 0.717) is 25.1 Å². The Balaban J connectivity index is 1.58. The molecule has 2 aromatic rings. The van der Waals surface area contributed by atoms with Crippen LogP contribution in [0.4, 0.5) is 0 Å². The van der Waals surface area contributed by atoms with Gasteiger partial charge >= 0.3 is 5.97 Å². The number of nitrogens with zero attached hydrogens (tertiary/aromatic N) is 1. The summed E-state index contributed by atoms with van der Waals surface area (Å²) in [5.41, 5.74) is 2.38. The molecule has 0 radical (unpaired) electrons. The first kappa shape index (κ1) is 22.4. The van der Waals surface area contributed by atoms with Crippen LogP contribution in [0.5, 0.6) is 0 Å². The fraction of sp³-hybridized carbons (Fsp3) is 0.304. The van der Waals surface area contributed by atoms with Gasteiger partial charge in [-0.3, -0.25) is 19.7 Å². The van der Waals surface area contributed by atoms with Gasteiger partial charge in [-0.05, 0) is 36.3 Å². The third kappa shape index (κ3) is 6.11. The second-order valence-corrected chi connectivity index (χ2v) is 7.62. The summed E-state index contributed by atoms with van der Waals surface area (Å²) in [6.45, 7) is 2.82. The van der Waals surface area contributed by atoms with Crippen LogP contribution in [0.3, 0.4) is 0 Å². The van der Waals surface area contributed by atoms with Crippen molar-refractivity contribution < 1.29 is 19.1 Å². The minimum atomic E-state index is -0.831. The topological polar surface area (TPSA) is 87.7 Å². The number of rotatable bonds is 6. The Hall–Kier alpha value is -3.26. The van der Waals surface area contributed by atoms with Crippen LogP contribution in [-0.4, -0.2) is 53.5 Å². The molecule has 1 atom stereocenters. The standard InChI is InChI=1S/C23H25N3O4S/c1-16-7-5-6-10-18(16)21(28)25-23(31)26-13-12-24-22(29)19(26)15-20(27)30-14-11-17-8-3-2-4-9-17/h2-10,19H,11-15H2,1H3,(H,24,29)(H,25,28,31). The van der Waals surface area contributed by atoms with Crippen LogP contribution < -0.4 is 10.6 Å². The van der Waals surface area contributed by atoms with Gasteiger partial charge in [0.2, 0.25) is 5.91 Å². The van der Waals surface area contributed by atoms with Crippen LogP contribution in [0.15, 0.2) is 54.6 Å². The lowest BCUT2D eigenvalue weighted by molar-refractivity contribution is -0.147. The van der Waals surface area contributed by atoms with Gasteiger partial charge in [0.25, 0.3) is 5.91 Å². The van der Waals surface area contributed by atoms with Crippen molar-refractivity contribution in [1.29, 1.82) is 0 Å². The fourth-order valence-corrected chi connectivity index (χ4v) is 3.68. The molecular weight excluding hydrogens is 414 g/mol. The van der Waals surface area contributed by atoms with Gasteiger partial charge in [0.1, 0.15) is 6.04 Å². The SMILES string of the molecule is Cc1ccccc1C(=O)NC(=S)N1CCNC(=O)C1CC(=O)OCCc1ccccc1. The van der Waals surface area contributed by atoms with Gasteiger partial charge in [0, 0.05) is 25.1 Å². The number of esters is 1. The monoisotopic (exact) mass is 439 g/mol. The van der Waals surface area contributed by atoms with Gasteiger partial charge in [-0.25, -0.2) is 0 Å². The van der Waals surface area contributed by atoms with E-state index >= 15 is 0 Å². The maximum atomic E-state index is 12.6. The number of aryl methyl sites for hydroxylation is 1. The number of hydrogen-bond acceptors (Lipinski definition) is 5. The predicted octanol–water partition coefficient (Wildman–Crippen LogP) is 1.99. The van der Waals surface area contributed by atoms with Gasteiger partial charge in [-0.15, -0.1) is 0 Å². The van der Waals surface area contributed by atoms with Crippen molar-refractivity contribution in [3.63, 3.8) is 0 Å². The molecule has 0 saturated carbocycles. The molecule has 1 saturated heterocycles. The van der Waals surface area contributed by atoms with Crippen molar-refractivity contribution in [2.24, 2.45) is 0 Å². The van der Waals surface area contributed by atoms with Crippen LogP contribution in [0.2, 0.25) is 0 Å². The van der Waals surface area contributed by atoms with Gasteiger partial charge in [0.05, 0.1) is 13.0 Å². The van der Waals surface area contributed by atoms with Crippen molar-refractivity contribution in [1.82, 2.24) is 15.5 Å². The summed E-state index contributed by atoms with van der Waals surface area (Å²) in [4.78, 5) is 38.9. The van der Waals surface area contributed by atoms with Crippen LogP contribution in [0.25, 0.3) is 0 Å². The summed E-state index contributed by atoms with van der Waals surface area (Å²) < 4.78 is 5.32. The summed E-state index contributed by atoms with van der Waals surface area (Å²) in [6.07, 6.45) is 0.444. The van der Waals surface area contributed by atoms with E-state index in [9.17, 15) is 14.4 Å². The Bertz CT molecular complexity index is 964. The zero-order valence-electron chi connectivity index (χ0n) is 17.3. The first-order chi connectivity index (χ1) is 15.0. The lowest BCUT2D eigenvalue weighted by Crippen LogP contribution is -2.60. The molecule has 1 heterocycles. The van der Waals surface area contributed by atoms with Crippen molar-refractivity contribution in [2.45, 2.75) is 25.8 Å². The minimum absolute atomic E-state index is 0.116. The number of hydrogen-bond donors (Lipinski definition) is 2. The summed E-state index contributed by atoms with van der Waals surface area (Å²) in [6, 6.07) is 16.0. The molecule has 3 rings (SSSR count). The van der Waals surface area contributed by atoms with E-state index in [2.05, 4.69) is 10.6 Å². The Labute approximate surface area is 186 Å². The quantitative estimate of drug-likeness (QED) is 0.529. The summed E-state index contributed by atoms with van der Waals surface area (Å²) in [7, 11) is 0. The number of benzene rings is 2. The molecule has 1 aliphatic rings. The zero-order chi connectivity index (χ0) is 22.2. The first-order valence-electron chi connectivity index (χ1n) is 10.1. The highest BCUT2D eigenvalue weighted by Gasteiger charge is 2.34. The van der Waals surface area contributed by atoms with E-state index in [4.69, 9.17) is 17.0 Å². The Morgan fingerprint density at radius 1 is 1.16 bits per heavy atom. The molecule has 2 amide bonds. The lowest BCUT2D eigenvalue weighted by atomic mass is 10.1. The van der Waals surface area contributed by atoms with E-state index in [-0.39, 0.29) is 30.0 Å². The number of amides is 2. The normalized spacial score (nSPS) is 15.7. The average Bonchev–Trinajstić information content (AvgIpc) is 2.76. The average molecular weight is 440 g/mol. The Morgan fingerprint density at radius 2 is 1.87 bits per heavy atom. The van der Waals surface area contributed by atoms with Crippen molar-refractivity contribution in [3.05, 3.63) is 71.3 Å².